The first kappa shape index (κ1) is 21.4. The Kier molecular flexibility index (Phi) is 6.03. The van der Waals surface area contributed by atoms with Gasteiger partial charge in [0.05, 0.1) is 0 Å². The van der Waals surface area contributed by atoms with Gasteiger partial charge in [-0.2, -0.15) is 0 Å². The summed E-state index contributed by atoms with van der Waals surface area (Å²) in [5.74, 6) is 1.53. The molecule has 2 aliphatic rings. The summed E-state index contributed by atoms with van der Waals surface area (Å²) in [4.78, 5) is 0. The van der Waals surface area contributed by atoms with Crippen molar-refractivity contribution in [2.24, 2.45) is 0 Å². The Bertz CT molecular complexity index is 938. The van der Waals surface area contributed by atoms with Crippen LogP contribution in [-0.2, 0) is 0 Å². The molecule has 0 heteroatoms. The van der Waals surface area contributed by atoms with Crippen molar-refractivity contribution >= 4 is 5.57 Å². The highest BCUT2D eigenvalue weighted by Gasteiger charge is 2.30. The Hall–Kier alpha value is -2.34. The standard InChI is InChI=1S/C29H36/c1-10-11-24-20(8)21(9)25-13-12-22(14-28(24)25)29-26(18(4)5)15-23(17(2)3)16-27(29)19(6)7/h10-11,14-19H,1,8-9,12-13H2,2-7H3. The van der Waals surface area contributed by atoms with Crippen LogP contribution < -0.4 is 0 Å². The van der Waals surface area contributed by atoms with Crippen LogP contribution in [0.25, 0.3) is 5.57 Å². The summed E-state index contributed by atoms with van der Waals surface area (Å²) < 4.78 is 0. The number of hydrogen-bond donors (Lipinski definition) is 0. The van der Waals surface area contributed by atoms with Gasteiger partial charge in [0, 0.05) is 0 Å². The molecule has 152 valence electrons. The first-order valence-corrected chi connectivity index (χ1v) is 11.0. The van der Waals surface area contributed by atoms with Crippen LogP contribution in [0.4, 0.5) is 0 Å². The molecule has 0 radical (unpaired) electrons. The van der Waals surface area contributed by atoms with Crippen molar-refractivity contribution in [3.05, 3.63) is 100 Å². The van der Waals surface area contributed by atoms with Crippen molar-refractivity contribution in [2.45, 2.75) is 72.1 Å². The van der Waals surface area contributed by atoms with Gasteiger partial charge < -0.3 is 0 Å². The van der Waals surface area contributed by atoms with Crippen LogP contribution in [0, 0.1) is 0 Å². The molecule has 0 nitrogen and oxygen atoms in total. The van der Waals surface area contributed by atoms with E-state index >= 15 is 0 Å². The molecule has 1 aromatic carbocycles. The molecule has 29 heavy (non-hydrogen) atoms. The third kappa shape index (κ3) is 3.78. The van der Waals surface area contributed by atoms with Gasteiger partial charge in [0.2, 0.25) is 0 Å². The lowest BCUT2D eigenvalue weighted by Crippen LogP contribution is -2.08. The van der Waals surface area contributed by atoms with Gasteiger partial charge in [0.15, 0.2) is 0 Å². The quantitative estimate of drug-likeness (QED) is 0.476. The van der Waals surface area contributed by atoms with Crippen LogP contribution in [0.15, 0.2) is 78.0 Å². The van der Waals surface area contributed by atoms with Gasteiger partial charge in [0.25, 0.3) is 0 Å². The number of rotatable bonds is 5. The fourth-order valence-electron chi connectivity index (χ4n) is 4.62. The zero-order valence-corrected chi connectivity index (χ0v) is 19.2. The molecule has 0 bridgehead atoms. The SMILES string of the molecule is C=CC=C1C(=C)C(=C)C2=C1C=C(c1c(C(C)C)cc(C(C)C)cc1C(C)C)CC2. The third-order valence-corrected chi connectivity index (χ3v) is 6.37. The lowest BCUT2D eigenvalue weighted by molar-refractivity contribution is 0.795. The van der Waals surface area contributed by atoms with Crippen molar-refractivity contribution in [1.82, 2.24) is 0 Å². The first-order valence-electron chi connectivity index (χ1n) is 11.0. The highest BCUT2D eigenvalue weighted by Crippen LogP contribution is 2.48. The predicted molar refractivity (Wildman–Crippen MR) is 130 cm³/mol. The van der Waals surface area contributed by atoms with E-state index < -0.39 is 0 Å². The van der Waals surface area contributed by atoms with E-state index in [1.807, 2.05) is 6.08 Å². The van der Waals surface area contributed by atoms with E-state index in [-0.39, 0.29) is 0 Å². The van der Waals surface area contributed by atoms with Crippen molar-refractivity contribution in [3.8, 4) is 0 Å². The summed E-state index contributed by atoms with van der Waals surface area (Å²) in [5.41, 5.74) is 13.4. The molecular weight excluding hydrogens is 348 g/mol. The molecule has 0 atom stereocenters. The van der Waals surface area contributed by atoms with Crippen LogP contribution in [0.3, 0.4) is 0 Å². The van der Waals surface area contributed by atoms with Gasteiger partial charge in [0.1, 0.15) is 0 Å². The molecule has 0 heterocycles. The van der Waals surface area contributed by atoms with E-state index in [0.717, 1.165) is 24.0 Å². The molecule has 0 saturated carbocycles. The van der Waals surface area contributed by atoms with Gasteiger partial charge in [-0.1, -0.05) is 91.6 Å². The second-order valence-corrected chi connectivity index (χ2v) is 9.37. The Morgan fingerprint density at radius 1 is 0.828 bits per heavy atom. The summed E-state index contributed by atoms with van der Waals surface area (Å²) >= 11 is 0. The minimum atomic E-state index is 0.495. The highest BCUT2D eigenvalue weighted by molar-refractivity contribution is 5.83. The predicted octanol–water partition coefficient (Wildman–Crippen LogP) is 8.77. The Morgan fingerprint density at radius 3 is 1.90 bits per heavy atom. The maximum Gasteiger partial charge on any atom is -0.0109 e. The summed E-state index contributed by atoms with van der Waals surface area (Å²) in [7, 11) is 0. The van der Waals surface area contributed by atoms with Crippen LogP contribution in [0.2, 0.25) is 0 Å². The molecule has 0 N–H and O–H groups in total. The molecule has 0 saturated heterocycles. The molecule has 0 amide bonds. The zero-order valence-electron chi connectivity index (χ0n) is 19.2. The number of allylic oxidation sites excluding steroid dienone is 9. The summed E-state index contributed by atoms with van der Waals surface area (Å²) in [5, 5.41) is 0. The van der Waals surface area contributed by atoms with Crippen molar-refractivity contribution in [2.75, 3.05) is 0 Å². The second kappa shape index (κ2) is 8.19. The van der Waals surface area contributed by atoms with Crippen LogP contribution in [0.5, 0.6) is 0 Å². The maximum absolute atomic E-state index is 4.31. The first-order chi connectivity index (χ1) is 13.7. The molecule has 1 aromatic rings. The van der Waals surface area contributed by atoms with Crippen molar-refractivity contribution < 1.29 is 0 Å². The smallest absolute Gasteiger partial charge is 0.0109 e. The second-order valence-electron chi connectivity index (χ2n) is 9.37. The normalized spacial score (nSPS) is 18.4. The van der Waals surface area contributed by atoms with Gasteiger partial charge in [-0.25, -0.2) is 0 Å². The number of hydrogen-bond acceptors (Lipinski definition) is 0. The molecule has 0 aromatic heterocycles. The number of benzene rings is 1. The fourth-order valence-corrected chi connectivity index (χ4v) is 4.62. The van der Waals surface area contributed by atoms with Crippen molar-refractivity contribution in [1.29, 1.82) is 0 Å². The Balaban J connectivity index is 2.26. The van der Waals surface area contributed by atoms with Crippen LogP contribution >= 0.6 is 0 Å². The van der Waals surface area contributed by atoms with Crippen molar-refractivity contribution in [3.63, 3.8) is 0 Å². The molecule has 2 aliphatic carbocycles. The van der Waals surface area contributed by atoms with Crippen LogP contribution in [0.1, 0.15) is 94.4 Å². The largest absolute Gasteiger partial charge is 0.0990 e. The van der Waals surface area contributed by atoms with Gasteiger partial charge >= 0.3 is 0 Å². The summed E-state index contributed by atoms with van der Waals surface area (Å²) in [6, 6.07) is 4.91. The average molecular weight is 385 g/mol. The molecule has 0 aliphatic heterocycles. The van der Waals surface area contributed by atoms with Gasteiger partial charge in [-0.3, -0.25) is 0 Å². The summed E-state index contributed by atoms with van der Waals surface area (Å²) in [6.45, 7) is 26.4. The zero-order chi connectivity index (χ0) is 21.5. The molecule has 0 spiro atoms. The fraction of sp³-hybridized carbons (Fsp3) is 0.379. The van der Waals surface area contributed by atoms with E-state index in [1.165, 1.54) is 44.5 Å². The van der Waals surface area contributed by atoms with Crippen LogP contribution in [-0.4, -0.2) is 0 Å². The van der Waals surface area contributed by atoms with Gasteiger partial charge in [-0.15, -0.1) is 0 Å². The van der Waals surface area contributed by atoms with E-state index in [0.29, 0.717) is 17.8 Å². The van der Waals surface area contributed by atoms with E-state index in [1.54, 1.807) is 0 Å². The maximum atomic E-state index is 4.31. The lowest BCUT2D eigenvalue weighted by atomic mass is 9.78. The average Bonchev–Trinajstić information content (AvgIpc) is 2.91. The minimum Gasteiger partial charge on any atom is -0.0990 e. The molecule has 0 unspecified atom stereocenters. The van der Waals surface area contributed by atoms with E-state index in [2.05, 4.69) is 85.6 Å². The Morgan fingerprint density at radius 2 is 1.41 bits per heavy atom. The summed E-state index contributed by atoms with van der Waals surface area (Å²) in [6.07, 6.45) is 8.47. The molecule has 3 rings (SSSR count). The monoisotopic (exact) mass is 384 g/mol. The Labute approximate surface area is 178 Å². The minimum absolute atomic E-state index is 0.495. The molecular formula is C29H36. The third-order valence-electron chi connectivity index (χ3n) is 6.37. The van der Waals surface area contributed by atoms with E-state index in [4.69, 9.17) is 0 Å². The topological polar surface area (TPSA) is 0 Å². The van der Waals surface area contributed by atoms with Gasteiger partial charge in [-0.05, 0) is 86.3 Å². The molecule has 0 fully saturated rings. The lowest BCUT2D eigenvalue weighted by Gasteiger charge is -2.26. The highest BCUT2D eigenvalue weighted by atomic mass is 14.3. The van der Waals surface area contributed by atoms with E-state index in [9.17, 15) is 0 Å².